The predicted molar refractivity (Wildman–Crippen MR) is 148 cm³/mol. The van der Waals surface area contributed by atoms with Gasteiger partial charge in [-0.05, 0) is 64.2 Å². The summed E-state index contributed by atoms with van der Waals surface area (Å²) >= 11 is 0. The Labute approximate surface area is 214 Å². The number of rotatable bonds is 8. The summed E-state index contributed by atoms with van der Waals surface area (Å²) in [5.74, 6) is 1.95. The van der Waals surface area contributed by atoms with Crippen LogP contribution in [-0.4, -0.2) is 38.6 Å². The van der Waals surface area contributed by atoms with E-state index in [1.54, 1.807) is 13.0 Å². The number of anilines is 3. The van der Waals surface area contributed by atoms with Crippen molar-refractivity contribution in [3.63, 3.8) is 0 Å². The molecule has 2 aromatic heterocycles. The molecule has 1 saturated heterocycles. The summed E-state index contributed by atoms with van der Waals surface area (Å²) in [5.41, 5.74) is 4.68. The summed E-state index contributed by atoms with van der Waals surface area (Å²) < 4.78 is 1.88. The fourth-order valence-electron chi connectivity index (χ4n) is 4.36. The lowest BCUT2D eigenvalue weighted by atomic mass is 9.91. The zero-order valence-corrected chi connectivity index (χ0v) is 22.3. The molecule has 8 nitrogen and oxygen atoms in total. The molecule has 0 aliphatic carbocycles. The molecule has 1 aliphatic rings. The molecule has 192 valence electrons. The van der Waals surface area contributed by atoms with Gasteiger partial charge in [0.25, 0.3) is 5.91 Å². The molecular weight excluding hydrogens is 450 g/mol. The molecule has 8 heteroatoms. The van der Waals surface area contributed by atoms with E-state index < -0.39 is 0 Å². The van der Waals surface area contributed by atoms with E-state index in [9.17, 15) is 4.79 Å². The first-order valence-corrected chi connectivity index (χ1v) is 12.8. The monoisotopic (exact) mass is 489 g/mol. The molecule has 1 atom stereocenters. The molecule has 3 aromatic rings. The molecule has 4 rings (SSSR count). The zero-order valence-electron chi connectivity index (χ0n) is 22.3. The Balaban J connectivity index is 1.55. The summed E-state index contributed by atoms with van der Waals surface area (Å²) in [6.07, 6.45) is 5.92. The summed E-state index contributed by atoms with van der Waals surface area (Å²) in [6, 6.07) is 10.2. The third-order valence-corrected chi connectivity index (χ3v) is 6.87. The smallest absolute Gasteiger partial charge is 0.250 e. The highest BCUT2D eigenvalue weighted by molar-refractivity contribution is 6.03. The number of amides is 1. The number of carbonyl (C=O) groups is 1. The van der Waals surface area contributed by atoms with Gasteiger partial charge in [-0.1, -0.05) is 32.1 Å². The number of allylic oxidation sites excluding steroid dienone is 1. The topological polar surface area (TPSA) is 95.4 Å². The molecule has 0 radical (unpaired) electrons. The summed E-state index contributed by atoms with van der Waals surface area (Å²) in [5, 5.41) is 18.4. The Morgan fingerprint density at radius 3 is 2.81 bits per heavy atom. The molecule has 1 unspecified atom stereocenters. The summed E-state index contributed by atoms with van der Waals surface area (Å²) in [7, 11) is 0. The molecule has 1 fully saturated rings. The second kappa shape index (κ2) is 10.7. The van der Waals surface area contributed by atoms with Crippen LogP contribution in [0.3, 0.4) is 0 Å². The fourth-order valence-corrected chi connectivity index (χ4v) is 4.36. The second-order valence-electron chi connectivity index (χ2n) is 10.6. The fraction of sp³-hybridized carbons (Fsp3) is 0.464. The van der Waals surface area contributed by atoms with Crippen LogP contribution in [0.2, 0.25) is 0 Å². The Hall–Kier alpha value is -3.39. The highest BCUT2D eigenvalue weighted by Gasteiger charge is 2.26. The first-order chi connectivity index (χ1) is 17.1. The quantitative estimate of drug-likeness (QED) is 0.320. The van der Waals surface area contributed by atoms with Crippen molar-refractivity contribution in [3.05, 3.63) is 59.3 Å². The highest BCUT2D eigenvalue weighted by atomic mass is 16.1. The van der Waals surface area contributed by atoms with E-state index in [0.29, 0.717) is 24.1 Å². The van der Waals surface area contributed by atoms with Crippen molar-refractivity contribution in [1.29, 1.82) is 0 Å². The number of aromatic nitrogens is 3. The Morgan fingerprint density at radius 2 is 2.11 bits per heavy atom. The van der Waals surface area contributed by atoms with Gasteiger partial charge in [0.2, 0.25) is 0 Å². The van der Waals surface area contributed by atoms with Crippen molar-refractivity contribution in [3.8, 4) is 0 Å². The van der Waals surface area contributed by atoms with Gasteiger partial charge < -0.3 is 21.3 Å². The number of carbonyl (C=O) groups excluding carboxylic acids is 1. The average molecular weight is 490 g/mol. The predicted octanol–water partition coefficient (Wildman–Crippen LogP) is 5.31. The molecule has 36 heavy (non-hydrogen) atoms. The maximum atomic E-state index is 12.2. The van der Waals surface area contributed by atoms with Crippen molar-refractivity contribution in [2.45, 2.75) is 78.4 Å². The summed E-state index contributed by atoms with van der Waals surface area (Å²) in [4.78, 5) is 17.2. The van der Waals surface area contributed by atoms with Gasteiger partial charge in [-0.3, -0.25) is 4.79 Å². The number of hydrogen-bond acceptors (Lipinski definition) is 6. The first-order valence-electron chi connectivity index (χ1n) is 12.8. The molecule has 0 bridgehead atoms. The number of nitrogens with zero attached hydrogens (tertiary/aromatic N) is 3. The van der Waals surface area contributed by atoms with Crippen LogP contribution in [0.5, 0.6) is 0 Å². The van der Waals surface area contributed by atoms with Crippen LogP contribution in [0.4, 0.5) is 17.3 Å². The van der Waals surface area contributed by atoms with Crippen LogP contribution in [-0.2, 0) is 11.3 Å². The lowest BCUT2D eigenvalue weighted by Crippen LogP contribution is -2.50. The number of nitrogens with one attached hydrogen (secondary N) is 4. The molecule has 1 aliphatic heterocycles. The van der Waals surface area contributed by atoms with E-state index in [4.69, 9.17) is 4.98 Å². The maximum Gasteiger partial charge on any atom is 0.250 e. The van der Waals surface area contributed by atoms with Gasteiger partial charge in [-0.2, -0.15) is 9.61 Å². The lowest BCUT2D eigenvalue weighted by molar-refractivity contribution is -0.112. The second-order valence-corrected chi connectivity index (χ2v) is 10.6. The number of fused-ring (bicyclic) bond motifs is 1. The Morgan fingerprint density at radius 1 is 1.31 bits per heavy atom. The van der Waals surface area contributed by atoms with Crippen LogP contribution >= 0.6 is 0 Å². The van der Waals surface area contributed by atoms with Gasteiger partial charge in [0.1, 0.15) is 11.6 Å². The van der Waals surface area contributed by atoms with Crippen molar-refractivity contribution in [2.75, 3.05) is 22.5 Å². The molecule has 1 aromatic carbocycles. The van der Waals surface area contributed by atoms with Crippen molar-refractivity contribution < 1.29 is 4.79 Å². The normalized spacial score (nSPS) is 17.9. The van der Waals surface area contributed by atoms with Gasteiger partial charge in [0.15, 0.2) is 5.65 Å². The van der Waals surface area contributed by atoms with Crippen LogP contribution < -0.4 is 21.3 Å². The van der Waals surface area contributed by atoms with E-state index in [-0.39, 0.29) is 11.4 Å². The molecule has 3 heterocycles. The van der Waals surface area contributed by atoms with Crippen LogP contribution in [0.1, 0.15) is 71.4 Å². The van der Waals surface area contributed by atoms with E-state index in [1.807, 2.05) is 48.0 Å². The Kier molecular flexibility index (Phi) is 7.64. The minimum atomic E-state index is -0.0903. The van der Waals surface area contributed by atoms with Gasteiger partial charge in [-0.15, -0.1) is 0 Å². The average Bonchev–Trinajstić information content (AvgIpc) is 3.28. The summed E-state index contributed by atoms with van der Waals surface area (Å²) in [6.45, 7) is 14.0. The van der Waals surface area contributed by atoms with Gasteiger partial charge in [-0.25, -0.2) is 4.98 Å². The molecule has 0 spiro atoms. The van der Waals surface area contributed by atoms with Gasteiger partial charge >= 0.3 is 0 Å². The SMILES string of the molecule is C/C=C(\C)C(=O)Nc1cccc(CNc2cc(NC3CCC(C)(C)NC3)nc3c(C(C)C)cnn23)c1. The Bertz CT molecular complexity index is 1250. The van der Waals surface area contributed by atoms with Crippen molar-refractivity contribution in [2.24, 2.45) is 0 Å². The zero-order chi connectivity index (χ0) is 25.9. The number of benzene rings is 1. The van der Waals surface area contributed by atoms with Crippen molar-refractivity contribution >= 4 is 28.9 Å². The third-order valence-electron chi connectivity index (χ3n) is 6.87. The van der Waals surface area contributed by atoms with Crippen LogP contribution in [0, 0.1) is 0 Å². The van der Waals surface area contributed by atoms with Crippen LogP contribution in [0.25, 0.3) is 5.65 Å². The standard InChI is InChI=1S/C28H39N7O/c1-7-19(4)27(36)33-21-10-8-9-20(13-21)15-29-25-14-24(32-22-11-12-28(5,6)30-16-22)34-26-23(18(2)3)17-31-35(25)26/h7-10,13-14,17-18,22,29-30H,11-12,15-16H2,1-6H3,(H,32,34)(H,33,36)/b19-7+. The van der Waals surface area contributed by atoms with E-state index in [2.05, 4.69) is 54.1 Å². The van der Waals surface area contributed by atoms with Crippen molar-refractivity contribution in [1.82, 2.24) is 19.9 Å². The molecule has 4 N–H and O–H groups in total. The maximum absolute atomic E-state index is 12.2. The molecular formula is C28H39N7O. The van der Waals surface area contributed by atoms with Gasteiger partial charge in [0, 0.05) is 47.6 Å². The largest absolute Gasteiger partial charge is 0.366 e. The first kappa shape index (κ1) is 25.7. The molecule has 0 saturated carbocycles. The minimum absolute atomic E-state index is 0.0903. The lowest BCUT2D eigenvalue weighted by Gasteiger charge is -2.36. The molecule has 1 amide bonds. The number of hydrogen-bond donors (Lipinski definition) is 4. The van der Waals surface area contributed by atoms with E-state index >= 15 is 0 Å². The number of piperidine rings is 1. The van der Waals surface area contributed by atoms with Gasteiger partial charge in [0.05, 0.1) is 6.20 Å². The van der Waals surface area contributed by atoms with E-state index in [0.717, 1.165) is 53.5 Å². The minimum Gasteiger partial charge on any atom is -0.366 e. The van der Waals surface area contributed by atoms with E-state index in [1.165, 1.54) is 0 Å². The van der Waals surface area contributed by atoms with Crippen LogP contribution in [0.15, 0.2) is 48.2 Å². The third kappa shape index (κ3) is 6.05. The highest BCUT2D eigenvalue weighted by Crippen LogP contribution is 2.26.